The maximum Gasteiger partial charge on any atom is 0.172 e. The Morgan fingerprint density at radius 3 is 2.62 bits per heavy atom. The number of aryl methyl sites for hydroxylation is 1. The summed E-state index contributed by atoms with van der Waals surface area (Å²) >= 11 is 1.09. The van der Waals surface area contributed by atoms with Gasteiger partial charge in [0.1, 0.15) is 10.8 Å². The molecule has 2 heterocycles. The number of rotatable bonds is 3. The minimum Gasteiger partial charge on any atom is -0.355 e. The van der Waals surface area contributed by atoms with E-state index in [1.54, 1.807) is 6.20 Å². The molecular formula is C17H21F2N4S+. The fraction of sp³-hybridized carbons (Fsp3) is 0.412. The predicted molar refractivity (Wildman–Crippen MR) is 90.0 cm³/mol. The lowest BCUT2D eigenvalue weighted by Gasteiger charge is -2.35. The van der Waals surface area contributed by atoms with Gasteiger partial charge in [0, 0.05) is 25.9 Å². The van der Waals surface area contributed by atoms with Crippen molar-refractivity contribution in [3.05, 3.63) is 41.7 Å². The second-order valence-corrected chi connectivity index (χ2v) is 7.60. The lowest BCUT2D eigenvalue weighted by Crippen LogP contribution is -2.73. The van der Waals surface area contributed by atoms with Crippen molar-refractivity contribution >= 4 is 17.6 Å². The van der Waals surface area contributed by atoms with Crippen LogP contribution in [0.3, 0.4) is 0 Å². The summed E-state index contributed by atoms with van der Waals surface area (Å²) < 4.78 is 27.1. The van der Waals surface area contributed by atoms with Gasteiger partial charge in [0.2, 0.25) is 0 Å². The lowest BCUT2D eigenvalue weighted by molar-refractivity contribution is -0.475. The number of nitrogens with zero attached hydrogens (tertiary/aromatic N) is 3. The molecule has 1 fully saturated rings. The molecule has 0 atom stereocenters. The molecule has 3 rings (SSSR count). The number of halogens is 2. The monoisotopic (exact) mass is 351 g/mol. The summed E-state index contributed by atoms with van der Waals surface area (Å²) in [5, 5.41) is 0.585. The van der Waals surface area contributed by atoms with E-state index >= 15 is 0 Å². The largest absolute Gasteiger partial charge is 0.355 e. The van der Waals surface area contributed by atoms with Gasteiger partial charge < -0.3 is 10.6 Å². The minimum atomic E-state index is -0.855. The average Bonchev–Trinajstić information content (AvgIpc) is 2.53. The van der Waals surface area contributed by atoms with Gasteiger partial charge >= 0.3 is 0 Å². The van der Waals surface area contributed by atoms with E-state index < -0.39 is 11.6 Å². The molecule has 0 bridgehead atoms. The Labute approximate surface area is 144 Å². The van der Waals surface area contributed by atoms with Crippen molar-refractivity contribution in [2.24, 2.45) is 0 Å². The Kier molecular flexibility index (Phi) is 4.73. The summed E-state index contributed by atoms with van der Waals surface area (Å²) in [6, 6.07) is 4.13. The van der Waals surface area contributed by atoms with Gasteiger partial charge in [-0.05, 0) is 26.0 Å². The Morgan fingerprint density at radius 2 is 1.96 bits per heavy atom. The van der Waals surface area contributed by atoms with E-state index in [4.69, 9.17) is 0 Å². The second-order valence-electron chi connectivity index (χ2n) is 6.57. The van der Waals surface area contributed by atoms with Crippen LogP contribution >= 0.6 is 11.8 Å². The van der Waals surface area contributed by atoms with Gasteiger partial charge in [0.25, 0.3) is 0 Å². The number of quaternary nitrogens is 1. The quantitative estimate of drug-likeness (QED) is 0.924. The van der Waals surface area contributed by atoms with Crippen molar-refractivity contribution in [1.29, 1.82) is 0 Å². The SMILES string of the molecule is Cc1nc(N2CCC(C)([NH3+])CC2)cnc1Sc1cccc(F)c1F. The highest BCUT2D eigenvalue weighted by molar-refractivity contribution is 7.99. The van der Waals surface area contributed by atoms with Crippen LogP contribution in [0, 0.1) is 18.6 Å². The number of aromatic nitrogens is 2. The first-order chi connectivity index (χ1) is 11.4. The second kappa shape index (κ2) is 6.64. The van der Waals surface area contributed by atoms with Gasteiger partial charge in [-0.25, -0.2) is 18.7 Å². The predicted octanol–water partition coefficient (Wildman–Crippen LogP) is 2.82. The maximum atomic E-state index is 13.8. The fourth-order valence-corrected chi connectivity index (χ4v) is 3.49. The van der Waals surface area contributed by atoms with E-state index in [0.717, 1.165) is 49.6 Å². The molecule has 0 amide bonds. The first kappa shape index (κ1) is 17.1. The van der Waals surface area contributed by atoms with E-state index in [2.05, 4.69) is 27.5 Å². The van der Waals surface area contributed by atoms with Crippen molar-refractivity contribution in [3.8, 4) is 0 Å². The molecule has 1 saturated heterocycles. The summed E-state index contributed by atoms with van der Waals surface area (Å²) in [7, 11) is 0. The van der Waals surface area contributed by atoms with Crippen LogP contribution in [-0.4, -0.2) is 28.6 Å². The molecule has 0 radical (unpaired) electrons. The van der Waals surface area contributed by atoms with Crippen LogP contribution < -0.4 is 10.6 Å². The Bertz CT molecular complexity index is 741. The van der Waals surface area contributed by atoms with Crippen LogP contribution in [0.5, 0.6) is 0 Å². The van der Waals surface area contributed by atoms with E-state index in [9.17, 15) is 8.78 Å². The van der Waals surface area contributed by atoms with Gasteiger partial charge in [-0.15, -0.1) is 0 Å². The van der Waals surface area contributed by atoms with Crippen LogP contribution in [0.2, 0.25) is 0 Å². The van der Waals surface area contributed by atoms with Crippen LogP contribution in [-0.2, 0) is 0 Å². The molecule has 0 unspecified atom stereocenters. The van der Waals surface area contributed by atoms with E-state index in [1.807, 2.05) is 6.92 Å². The highest BCUT2D eigenvalue weighted by Crippen LogP contribution is 2.32. The first-order valence-electron chi connectivity index (χ1n) is 7.91. The zero-order valence-corrected chi connectivity index (χ0v) is 14.7. The molecule has 1 aliphatic rings. The molecule has 3 N–H and O–H groups in total. The third-order valence-electron chi connectivity index (χ3n) is 4.31. The maximum absolute atomic E-state index is 13.8. The summed E-state index contributed by atoms with van der Waals surface area (Å²) in [6.45, 7) is 5.82. The van der Waals surface area contributed by atoms with E-state index in [-0.39, 0.29) is 10.4 Å². The normalized spacial score (nSPS) is 17.1. The van der Waals surface area contributed by atoms with Crippen molar-refractivity contribution in [2.75, 3.05) is 18.0 Å². The number of piperidine rings is 1. The van der Waals surface area contributed by atoms with E-state index in [1.165, 1.54) is 12.1 Å². The molecule has 1 aliphatic heterocycles. The molecule has 2 aromatic rings. The van der Waals surface area contributed by atoms with Gasteiger partial charge in [-0.2, -0.15) is 0 Å². The van der Waals surface area contributed by atoms with Crippen molar-refractivity contribution in [2.45, 2.75) is 42.1 Å². The molecule has 0 saturated carbocycles. The van der Waals surface area contributed by atoms with Gasteiger partial charge in [0.15, 0.2) is 11.6 Å². The Hall–Kier alpha value is -1.73. The van der Waals surface area contributed by atoms with Crippen LogP contribution in [0.4, 0.5) is 14.6 Å². The van der Waals surface area contributed by atoms with Gasteiger partial charge in [0.05, 0.1) is 22.3 Å². The number of hydrogen-bond acceptors (Lipinski definition) is 4. The van der Waals surface area contributed by atoms with Crippen molar-refractivity contribution < 1.29 is 14.5 Å². The Balaban J connectivity index is 1.77. The van der Waals surface area contributed by atoms with Gasteiger partial charge in [-0.3, -0.25) is 0 Å². The average molecular weight is 351 g/mol. The van der Waals surface area contributed by atoms with E-state index in [0.29, 0.717) is 10.7 Å². The molecule has 24 heavy (non-hydrogen) atoms. The van der Waals surface area contributed by atoms with Crippen LogP contribution in [0.1, 0.15) is 25.5 Å². The molecule has 1 aromatic heterocycles. The van der Waals surface area contributed by atoms with Gasteiger partial charge in [-0.1, -0.05) is 17.8 Å². The highest BCUT2D eigenvalue weighted by atomic mass is 32.2. The summed E-state index contributed by atoms with van der Waals surface area (Å²) in [5.41, 5.74) is 5.06. The number of anilines is 1. The van der Waals surface area contributed by atoms with Crippen LogP contribution in [0.25, 0.3) is 0 Å². The zero-order chi connectivity index (χ0) is 17.3. The summed E-state index contributed by atoms with van der Waals surface area (Å²) in [5.74, 6) is -0.877. The molecular weight excluding hydrogens is 330 g/mol. The smallest absolute Gasteiger partial charge is 0.172 e. The van der Waals surface area contributed by atoms with Crippen molar-refractivity contribution in [3.63, 3.8) is 0 Å². The summed E-state index contributed by atoms with van der Waals surface area (Å²) in [6.07, 6.45) is 3.73. The number of benzene rings is 1. The standard InChI is InChI=1S/C17H20F2N4S/c1-11-16(24-13-5-3-4-12(18)15(13)19)21-10-14(22-11)23-8-6-17(2,20)7-9-23/h3-5,10H,6-9,20H2,1-2H3/p+1. The third kappa shape index (κ3) is 3.67. The molecule has 128 valence electrons. The summed E-state index contributed by atoms with van der Waals surface area (Å²) in [4.78, 5) is 11.4. The molecule has 0 spiro atoms. The van der Waals surface area contributed by atoms with Crippen molar-refractivity contribution in [1.82, 2.24) is 9.97 Å². The first-order valence-corrected chi connectivity index (χ1v) is 8.73. The molecule has 4 nitrogen and oxygen atoms in total. The zero-order valence-electron chi connectivity index (χ0n) is 13.9. The topological polar surface area (TPSA) is 56.7 Å². The lowest BCUT2D eigenvalue weighted by atomic mass is 9.91. The Morgan fingerprint density at radius 1 is 1.25 bits per heavy atom. The molecule has 0 aliphatic carbocycles. The highest BCUT2D eigenvalue weighted by Gasteiger charge is 2.30. The minimum absolute atomic E-state index is 0.129. The van der Waals surface area contributed by atoms with Crippen LogP contribution in [0.15, 0.2) is 34.3 Å². The molecule has 7 heteroatoms. The fourth-order valence-electron chi connectivity index (χ4n) is 2.65. The molecule has 1 aromatic carbocycles. The number of hydrogen-bond donors (Lipinski definition) is 1. The third-order valence-corrected chi connectivity index (χ3v) is 5.44.